The van der Waals surface area contributed by atoms with E-state index in [1.54, 1.807) is 13.3 Å². The maximum Gasteiger partial charge on any atom is 0.179 e. The van der Waals surface area contributed by atoms with Crippen LogP contribution >= 0.6 is 11.6 Å². The van der Waals surface area contributed by atoms with Gasteiger partial charge in [-0.15, -0.1) is 5.10 Å². The molecule has 1 aliphatic heterocycles. The average molecular weight is 377 g/mol. The minimum Gasteiger partial charge on any atom is -0.491 e. The lowest BCUT2D eigenvalue weighted by Crippen LogP contribution is -2.45. The van der Waals surface area contributed by atoms with Crippen molar-refractivity contribution in [3.63, 3.8) is 0 Å². The Morgan fingerprint density at radius 2 is 2.27 bits per heavy atom. The topological polar surface area (TPSA) is 59.5 Å². The van der Waals surface area contributed by atoms with Crippen molar-refractivity contribution in [3.8, 4) is 11.5 Å². The van der Waals surface area contributed by atoms with Crippen LogP contribution in [0.1, 0.15) is 25.3 Å². The molecule has 140 valence electrons. The van der Waals surface area contributed by atoms with Gasteiger partial charge in [-0.2, -0.15) is 5.10 Å². The molecule has 6 nitrogen and oxygen atoms in total. The summed E-state index contributed by atoms with van der Waals surface area (Å²) in [6.07, 6.45) is 3.97. The predicted octanol–water partition coefficient (Wildman–Crippen LogP) is 3.30. The van der Waals surface area contributed by atoms with E-state index in [1.165, 1.54) is 0 Å². The zero-order chi connectivity index (χ0) is 18.4. The number of rotatable bonds is 7. The molecule has 0 radical (unpaired) electrons. The van der Waals surface area contributed by atoms with E-state index >= 15 is 0 Å². The molecule has 0 spiro atoms. The lowest BCUT2D eigenvalue weighted by Gasteiger charge is -2.33. The third-order valence-corrected chi connectivity index (χ3v) is 4.75. The van der Waals surface area contributed by atoms with E-state index in [0.717, 1.165) is 43.9 Å². The fourth-order valence-electron chi connectivity index (χ4n) is 3.26. The number of nitrogens with zero attached hydrogens (tertiary/aromatic N) is 3. The molecule has 26 heavy (non-hydrogen) atoms. The Morgan fingerprint density at radius 3 is 3.00 bits per heavy atom. The maximum absolute atomic E-state index is 6.34. The van der Waals surface area contributed by atoms with Crippen LogP contribution in [0.25, 0.3) is 0 Å². The van der Waals surface area contributed by atoms with Crippen molar-refractivity contribution in [1.29, 1.82) is 0 Å². The van der Waals surface area contributed by atoms with Gasteiger partial charge in [0.2, 0.25) is 0 Å². The van der Waals surface area contributed by atoms with Crippen molar-refractivity contribution in [1.82, 2.24) is 15.5 Å². The molecule has 1 aliphatic rings. The SMILES string of the molecule is CCOc1cc(CNC2CCCN(c3cccnn3)C2)cc(Cl)c1OC. The third kappa shape index (κ3) is 4.56. The molecule has 1 N–H and O–H groups in total. The molecular weight excluding hydrogens is 352 g/mol. The average Bonchev–Trinajstić information content (AvgIpc) is 2.67. The van der Waals surface area contributed by atoms with Crippen molar-refractivity contribution in [2.75, 3.05) is 31.7 Å². The summed E-state index contributed by atoms with van der Waals surface area (Å²) in [5.41, 5.74) is 1.08. The van der Waals surface area contributed by atoms with Gasteiger partial charge in [-0.05, 0) is 49.6 Å². The van der Waals surface area contributed by atoms with Gasteiger partial charge < -0.3 is 19.7 Å². The normalized spacial score (nSPS) is 17.2. The quantitative estimate of drug-likeness (QED) is 0.800. The van der Waals surface area contributed by atoms with Crippen LogP contribution in [-0.2, 0) is 6.54 Å². The highest BCUT2D eigenvalue weighted by Crippen LogP contribution is 2.36. The Labute approximate surface area is 159 Å². The maximum atomic E-state index is 6.34. The Bertz CT molecular complexity index is 714. The Morgan fingerprint density at radius 1 is 1.38 bits per heavy atom. The molecule has 1 aromatic heterocycles. The van der Waals surface area contributed by atoms with Gasteiger partial charge in [0.25, 0.3) is 0 Å². The largest absolute Gasteiger partial charge is 0.491 e. The van der Waals surface area contributed by atoms with E-state index in [1.807, 2.05) is 31.2 Å². The number of aromatic nitrogens is 2. The number of anilines is 1. The van der Waals surface area contributed by atoms with Crippen molar-refractivity contribution in [2.45, 2.75) is 32.4 Å². The van der Waals surface area contributed by atoms with Gasteiger partial charge in [0.1, 0.15) is 0 Å². The molecular formula is C19H25ClN4O2. The molecule has 2 heterocycles. The van der Waals surface area contributed by atoms with Gasteiger partial charge in [-0.25, -0.2) is 0 Å². The van der Waals surface area contributed by atoms with Gasteiger partial charge in [-0.3, -0.25) is 0 Å². The molecule has 1 saturated heterocycles. The molecule has 0 amide bonds. The summed E-state index contributed by atoms with van der Waals surface area (Å²) in [5.74, 6) is 2.21. The highest BCUT2D eigenvalue weighted by molar-refractivity contribution is 6.32. The van der Waals surface area contributed by atoms with E-state index in [4.69, 9.17) is 21.1 Å². The molecule has 1 aromatic carbocycles. The summed E-state index contributed by atoms with van der Waals surface area (Å²) in [7, 11) is 1.60. The second-order valence-corrected chi connectivity index (χ2v) is 6.70. The number of halogens is 1. The monoisotopic (exact) mass is 376 g/mol. The van der Waals surface area contributed by atoms with Crippen LogP contribution in [0.5, 0.6) is 11.5 Å². The lowest BCUT2D eigenvalue weighted by molar-refractivity contribution is 0.310. The standard InChI is InChI=1S/C19H25ClN4O2/c1-3-26-17-11-14(10-16(20)19(17)25-2)12-21-15-6-5-9-24(13-15)18-7-4-8-22-23-18/h4,7-8,10-11,15,21H,3,5-6,9,12-13H2,1-2H3. The fraction of sp³-hybridized carbons (Fsp3) is 0.474. The molecule has 0 aliphatic carbocycles. The molecule has 7 heteroatoms. The molecule has 1 fully saturated rings. The van der Waals surface area contributed by atoms with E-state index in [2.05, 4.69) is 20.4 Å². The summed E-state index contributed by atoms with van der Waals surface area (Å²) in [6.45, 7) is 5.17. The van der Waals surface area contributed by atoms with Crippen LogP contribution in [0.3, 0.4) is 0 Å². The first-order chi connectivity index (χ1) is 12.7. The summed E-state index contributed by atoms with van der Waals surface area (Å²) in [5, 5.41) is 12.4. The van der Waals surface area contributed by atoms with E-state index < -0.39 is 0 Å². The molecule has 0 bridgehead atoms. The Hall–Kier alpha value is -2.05. The van der Waals surface area contributed by atoms with Crippen LogP contribution in [0.15, 0.2) is 30.5 Å². The Balaban J connectivity index is 1.63. The smallest absolute Gasteiger partial charge is 0.179 e. The van der Waals surface area contributed by atoms with Crippen LogP contribution in [0.2, 0.25) is 5.02 Å². The number of methoxy groups -OCH3 is 1. The van der Waals surface area contributed by atoms with Crippen molar-refractivity contribution < 1.29 is 9.47 Å². The van der Waals surface area contributed by atoms with Crippen LogP contribution in [0, 0.1) is 0 Å². The summed E-state index contributed by atoms with van der Waals surface area (Å²) in [6, 6.07) is 8.24. The number of hydrogen-bond donors (Lipinski definition) is 1. The zero-order valence-electron chi connectivity index (χ0n) is 15.2. The number of hydrogen-bond acceptors (Lipinski definition) is 6. The van der Waals surface area contributed by atoms with Gasteiger partial charge in [0.15, 0.2) is 17.3 Å². The van der Waals surface area contributed by atoms with Gasteiger partial charge in [-0.1, -0.05) is 11.6 Å². The molecule has 2 aromatic rings. The number of benzene rings is 1. The van der Waals surface area contributed by atoms with Gasteiger partial charge >= 0.3 is 0 Å². The summed E-state index contributed by atoms with van der Waals surface area (Å²) >= 11 is 6.34. The number of nitrogens with one attached hydrogen (secondary N) is 1. The molecule has 3 rings (SSSR count). The Kier molecular flexibility index (Phi) is 6.52. The van der Waals surface area contributed by atoms with E-state index in [-0.39, 0.29) is 0 Å². The molecule has 1 unspecified atom stereocenters. The first kappa shape index (κ1) is 18.7. The third-order valence-electron chi connectivity index (χ3n) is 4.47. The molecule has 0 saturated carbocycles. The van der Waals surface area contributed by atoms with Gasteiger partial charge in [0, 0.05) is 31.9 Å². The van der Waals surface area contributed by atoms with Crippen molar-refractivity contribution in [2.24, 2.45) is 0 Å². The minimum atomic E-state index is 0.391. The zero-order valence-corrected chi connectivity index (χ0v) is 16.0. The second-order valence-electron chi connectivity index (χ2n) is 6.29. The van der Waals surface area contributed by atoms with Crippen LogP contribution < -0.4 is 19.7 Å². The van der Waals surface area contributed by atoms with Gasteiger partial charge in [0.05, 0.1) is 18.7 Å². The highest BCUT2D eigenvalue weighted by Gasteiger charge is 2.21. The van der Waals surface area contributed by atoms with Crippen molar-refractivity contribution in [3.05, 3.63) is 41.0 Å². The summed E-state index contributed by atoms with van der Waals surface area (Å²) in [4.78, 5) is 2.28. The van der Waals surface area contributed by atoms with E-state index in [0.29, 0.717) is 29.2 Å². The highest BCUT2D eigenvalue weighted by atomic mass is 35.5. The second kappa shape index (κ2) is 9.05. The van der Waals surface area contributed by atoms with Crippen LogP contribution in [0.4, 0.5) is 5.82 Å². The number of ether oxygens (including phenoxy) is 2. The minimum absolute atomic E-state index is 0.391. The summed E-state index contributed by atoms with van der Waals surface area (Å²) < 4.78 is 11.0. The predicted molar refractivity (Wildman–Crippen MR) is 103 cm³/mol. The van der Waals surface area contributed by atoms with Crippen molar-refractivity contribution >= 4 is 17.4 Å². The molecule has 1 atom stereocenters. The lowest BCUT2D eigenvalue weighted by atomic mass is 10.1. The number of piperidine rings is 1. The first-order valence-electron chi connectivity index (χ1n) is 8.96. The van der Waals surface area contributed by atoms with E-state index in [9.17, 15) is 0 Å². The first-order valence-corrected chi connectivity index (χ1v) is 9.34. The fourth-order valence-corrected chi connectivity index (χ4v) is 3.57. The van der Waals surface area contributed by atoms with Crippen LogP contribution in [-0.4, -0.2) is 43.0 Å².